The molecule has 84 valence electrons. The quantitative estimate of drug-likeness (QED) is 0.864. The Morgan fingerprint density at radius 3 is 2.50 bits per heavy atom. The molecule has 0 saturated heterocycles. The predicted molar refractivity (Wildman–Crippen MR) is 65.7 cm³/mol. The second-order valence-corrected chi connectivity index (χ2v) is 4.33. The summed E-state index contributed by atoms with van der Waals surface area (Å²) in [7, 11) is 0. The highest BCUT2D eigenvalue weighted by molar-refractivity contribution is 6.29. The lowest BCUT2D eigenvalue weighted by Gasteiger charge is -2.14. The first-order valence-electron chi connectivity index (χ1n) is 5.15. The number of aryl methyl sites for hydroxylation is 2. The number of furan rings is 1. The van der Waals surface area contributed by atoms with E-state index in [2.05, 4.69) is 26.0 Å². The number of benzene rings is 1. The Hall–Kier alpha value is -1.25. The molecular weight excluding hydrogens is 222 g/mol. The number of nitrogens with two attached hydrogens (primary N) is 1. The molecule has 1 heterocycles. The lowest BCUT2D eigenvalue weighted by molar-refractivity contribution is 0.564. The van der Waals surface area contributed by atoms with Crippen LogP contribution in [0.5, 0.6) is 0 Å². The van der Waals surface area contributed by atoms with Crippen molar-refractivity contribution >= 4 is 11.6 Å². The van der Waals surface area contributed by atoms with Crippen molar-refractivity contribution in [3.8, 4) is 0 Å². The van der Waals surface area contributed by atoms with Gasteiger partial charge >= 0.3 is 0 Å². The molecule has 1 unspecified atom stereocenters. The van der Waals surface area contributed by atoms with Crippen LogP contribution >= 0.6 is 11.6 Å². The van der Waals surface area contributed by atoms with Gasteiger partial charge in [0, 0.05) is 5.56 Å². The summed E-state index contributed by atoms with van der Waals surface area (Å²) in [6.45, 7) is 4.11. The third-order valence-electron chi connectivity index (χ3n) is 2.74. The van der Waals surface area contributed by atoms with Gasteiger partial charge in [0.15, 0.2) is 5.22 Å². The summed E-state index contributed by atoms with van der Waals surface area (Å²) in [5, 5.41) is 0.368. The summed E-state index contributed by atoms with van der Waals surface area (Å²) in [6, 6.07) is 7.79. The highest BCUT2D eigenvalue weighted by Gasteiger charge is 2.16. The fraction of sp³-hybridized carbons (Fsp3) is 0.231. The summed E-state index contributed by atoms with van der Waals surface area (Å²) in [4.78, 5) is 0. The molecule has 1 atom stereocenters. The largest absolute Gasteiger partial charge is 0.453 e. The fourth-order valence-electron chi connectivity index (χ4n) is 1.87. The molecule has 2 rings (SSSR count). The molecule has 0 aliphatic heterocycles. The van der Waals surface area contributed by atoms with Gasteiger partial charge in [0.05, 0.1) is 12.3 Å². The maximum Gasteiger partial charge on any atom is 0.198 e. The number of rotatable bonds is 2. The standard InChI is InChI=1S/C13H14ClNO/c1-8-3-4-10(9(2)7-8)12(15)11-5-6-16-13(11)14/h3-7,12H,15H2,1-2H3. The zero-order valence-corrected chi connectivity index (χ0v) is 10.1. The molecule has 1 aromatic carbocycles. The average molecular weight is 236 g/mol. The highest BCUT2D eigenvalue weighted by Crippen LogP contribution is 2.29. The monoisotopic (exact) mass is 235 g/mol. The molecule has 0 aliphatic rings. The van der Waals surface area contributed by atoms with Crippen molar-refractivity contribution in [3.05, 3.63) is 58.0 Å². The van der Waals surface area contributed by atoms with E-state index in [4.69, 9.17) is 21.8 Å². The molecular formula is C13H14ClNO. The van der Waals surface area contributed by atoms with Gasteiger partial charge in [-0.25, -0.2) is 0 Å². The summed E-state index contributed by atoms with van der Waals surface area (Å²) in [6.07, 6.45) is 1.56. The molecule has 0 radical (unpaired) electrons. The topological polar surface area (TPSA) is 39.2 Å². The van der Waals surface area contributed by atoms with Crippen LogP contribution in [-0.2, 0) is 0 Å². The van der Waals surface area contributed by atoms with E-state index in [0.717, 1.165) is 11.1 Å². The molecule has 1 aromatic heterocycles. The van der Waals surface area contributed by atoms with Crippen LogP contribution in [0.1, 0.15) is 28.3 Å². The molecule has 3 heteroatoms. The Labute approximate surface area is 100 Å². The molecule has 0 bridgehead atoms. The van der Waals surface area contributed by atoms with Gasteiger partial charge in [0.25, 0.3) is 0 Å². The number of halogens is 1. The lowest BCUT2D eigenvalue weighted by atomic mass is 9.96. The minimum absolute atomic E-state index is 0.230. The van der Waals surface area contributed by atoms with E-state index in [-0.39, 0.29) is 6.04 Å². The van der Waals surface area contributed by atoms with Gasteiger partial charge in [-0.3, -0.25) is 0 Å². The minimum atomic E-state index is -0.230. The van der Waals surface area contributed by atoms with Crippen LogP contribution in [0.2, 0.25) is 5.22 Å². The van der Waals surface area contributed by atoms with Crippen LogP contribution in [0.4, 0.5) is 0 Å². The van der Waals surface area contributed by atoms with E-state index >= 15 is 0 Å². The molecule has 0 fully saturated rings. The van der Waals surface area contributed by atoms with Gasteiger partial charge in [0.1, 0.15) is 0 Å². The lowest BCUT2D eigenvalue weighted by Crippen LogP contribution is -2.12. The Kier molecular flexibility index (Phi) is 3.03. The van der Waals surface area contributed by atoms with Crippen LogP contribution in [-0.4, -0.2) is 0 Å². The third-order valence-corrected chi connectivity index (χ3v) is 3.05. The first-order valence-corrected chi connectivity index (χ1v) is 5.53. The number of hydrogen-bond donors (Lipinski definition) is 1. The van der Waals surface area contributed by atoms with E-state index < -0.39 is 0 Å². The minimum Gasteiger partial charge on any atom is -0.453 e. The van der Waals surface area contributed by atoms with Crippen molar-refractivity contribution in [3.63, 3.8) is 0 Å². The zero-order valence-electron chi connectivity index (χ0n) is 9.33. The van der Waals surface area contributed by atoms with Crippen molar-refractivity contribution < 1.29 is 4.42 Å². The molecule has 2 aromatic rings. The van der Waals surface area contributed by atoms with Crippen LogP contribution in [0.25, 0.3) is 0 Å². The van der Waals surface area contributed by atoms with Crippen molar-refractivity contribution in [2.24, 2.45) is 5.73 Å². The van der Waals surface area contributed by atoms with Crippen LogP contribution in [0, 0.1) is 13.8 Å². The smallest absolute Gasteiger partial charge is 0.198 e. The van der Waals surface area contributed by atoms with Gasteiger partial charge in [0.2, 0.25) is 0 Å². The molecule has 2 N–H and O–H groups in total. The Bertz CT molecular complexity index is 504. The first-order chi connectivity index (χ1) is 7.59. The predicted octanol–water partition coefficient (Wildman–Crippen LogP) is 3.60. The van der Waals surface area contributed by atoms with Crippen molar-refractivity contribution in [2.45, 2.75) is 19.9 Å². The second-order valence-electron chi connectivity index (χ2n) is 3.99. The van der Waals surface area contributed by atoms with Crippen LogP contribution in [0.3, 0.4) is 0 Å². The van der Waals surface area contributed by atoms with E-state index in [9.17, 15) is 0 Å². The number of hydrogen-bond acceptors (Lipinski definition) is 2. The van der Waals surface area contributed by atoms with Crippen molar-refractivity contribution in [1.29, 1.82) is 0 Å². The van der Waals surface area contributed by atoms with Gasteiger partial charge in [-0.1, -0.05) is 23.8 Å². The van der Waals surface area contributed by atoms with Gasteiger partial charge in [-0.15, -0.1) is 0 Å². The Balaban J connectivity index is 2.41. The van der Waals surface area contributed by atoms with Gasteiger partial charge < -0.3 is 10.2 Å². The van der Waals surface area contributed by atoms with E-state index in [1.54, 1.807) is 6.26 Å². The molecule has 0 saturated carbocycles. The van der Waals surface area contributed by atoms with Crippen LogP contribution < -0.4 is 5.73 Å². The molecule has 0 aliphatic carbocycles. The van der Waals surface area contributed by atoms with E-state index in [1.165, 1.54) is 11.1 Å². The fourth-order valence-corrected chi connectivity index (χ4v) is 2.10. The second kappa shape index (κ2) is 4.32. The van der Waals surface area contributed by atoms with Gasteiger partial charge in [-0.05, 0) is 42.6 Å². The van der Waals surface area contributed by atoms with Crippen molar-refractivity contribution in [2.75, 3.05) is 0 Å². The van der Waals surface area contributed by atoms with E-state index in [0.29, 0.717) is 5.22 Å². The van der Waals surface area contributed by atoms with E-state index in [1.807, 2.05) is 12.1 Å². The molecule has 0 amide bonds. The van der Waals surface area contributed by atoms with Gasteiger partial charge in [-0.2, -0.15) is 0 Å². The Morgan fingerprint density at radius 2 is 1.94 bits per heavy atom. The normalized spacial score (nSPS) is 12.8. The maximum atomic E-state index is 6.17. The SMILES string of the molecule is Cc1ccc(C(N)c2ccoc2Cl)c(C)c1. The summed E-state index contributed by atoms with van der Waals surface area (Å²) in [5.74, 6) is 0. The van der Waals surface area contributed by atoms with Crippen LogP contribution in [0.15, 0.2) is 34.9 Å². The maximum absolute atomic E-state index is 6.17. The Morgan fingerprint density at radius 1 is 1.19 bits per heavy atom. The summed E-state index contributed by atoms with van der Waals surface area (Å²) >= 11 is 5.92. The summed E-state index contributed by atoms with van der Waals surface area (Å²) < 4.78 is 5.06. The highest BCUT2D eigenvalue weighted by atomic mass is 35.5. The molecule has 2 nitrogen and oxygen atoms in total. The average Bonchev–Trinajstić information content (AvgIpc) is 2.63. The molecule has 0 spiro atoms. The third kappa shape index (κ3) is 1.99. The zero-order chi connectivity index (χ0) is 11.7. The van der Waals surface area contributed by atoms with Crippen molar-refractivity contribution in [1.82, 2.24) is 0 Å². The summed E-state index contributed by atoms with van der Waals surface area (Å²) in [5.41, 5.74) is 10.5. The molecule has 16 heavy (non-hydrogen) atoms. The first kappa shape index (κ1) is 11.2.